The van der Waals surface area contributed by atoms with E-state index >= 15 is 0 Å². The molecule has 4 heterocycles. The first kappa shape index (κ1) is 42.1. The van der Waals surface area contributed by atoms with Gasteiger partial charge in [0.25, 0.3) is 5.91 Å². The van der Waals surface area contributed by atoms with E-state index in [0.717, 1.165) is 74.8 Å². The number of pyridine rings is 1. The molecule has 3 amide bonds. The number of likely N-dealkylation sites (tertiary alicyclic amines) is 1. The standard InChI is InChI=1S/C45H53Cl2FN4O6/c46-37-25-49-26-38(47)33(37)11-13-40(53)31-10-14-41(42(22-31)58-28-29-8-9-29)57-21-7-5-3-1-2-4-6-18-51-19-16-30(17-20-51)34-23-32(48)24-35-36(34)27-52(45(35)56)39-12-15-43(54)50-44(39)55/h10,14,22-26,29-30,39H,1-9,11-13,15-21,27-28H2,(H,50,54,55). The van der Waals surface area contributed by atoms with Crippen molar-refractivity contribution in [2.24, 2.45) is 5.92 Å². The normalized spacial score (nSPS) is 18.7. The minimum atomic E-state index is -0.707. The Bertz CT molecular complexity index is 1960. The van der Waals surface area contributed by atoms with E-state index < -0.39 is 17.8 Å². The zero-order valence-electron chi connectivity index (χ0n) is 33.0. The largest absolute Gasteiger partial charge is 0.490 e. The minimum Gasteiger partial charge on any atom is -0.490 e. The fourth-order valence-corrected chi connectivity index (χ4v) is 9.01. The fourth-order valence-electron chi connectivity index (χ4n) is 8.45. The molecule has 0 radical (unpaired) electrons. The molecule has 7 rings (SSSR count). The van der Waals surface area contributed by atoms with Gasteiger partial charge in [0, 0.05) is 42.9 Å². The second kappa shape index (κ2) is 19.8. The third kappa shape index (κ3) is 10.8. The molecule has 0 spiro atoms. The van der Waals surface area contributed by atoms with Crippen molar-refractivity contribution in [3.05, 3.63) is 86.4 Å². The molecule has 1 saturated carbocycles. The van der Waals surface area contributed by atoms with Crippen LogP contribution >= 0.6 is 23.2 Å². The monoisotopic (exact) mass is 834 g/mol. The second-order valence-corrected chi connectivity index (χ2v) is 17.1. The Balaban J connectivity index is 0.777. The van der Waals surface area contributed by atoms with Crippen LogP contribution in [0.4, 0.5) is 4.39 Å². The number of Topliss-reactive ketones (excluding diaryl/α,β-unsaturated/α-hetero) is 1. The number of carbonyl (C=O) groups is 4. The number of halogens is 3. The number of imide groups is 1. The fraction of sp³-hybridized carbons (Fsp3) is 0.533. The van der Waals surface area contributed by atoms with Crippen molar-refractivity contribution in [3.63, 3.8) is 0 Å². The maximum absolute atomic E-state index is 14.8. The summed E-state index contributed by atoms with van der Waals surface area (Å²) in [6.45, 7) is 4.41. The van der Waals surface area contributed by atoms with Crippen molar-refractivity contribution in [2.45, 2.75) is 115 Å². The highest BCUT2D eigenvalue weighted by atomic mass is 35.5. The zero-order valence-corrected chi connectivity index (χ0v) is 34.6. The molecule has 10 nitrogen and oxygen atoms in total. The predicted octanol–water partition coefficient (Wildman–Crippen LogP) is 8.88. The Kier molecular flexibility index (Phi) is 14.4. The summed E-state index contributed by atoms with van der Waals surface area (Å²) in [5, 5.41) is 3.26. The maximum Gasteiger partial charge on any atom is 0.255 e. The third-order valence-electron chi connectivity index (χ3n) is 12.1. The average molecular weight is 836 g/mol. The van der Waals surface area contributed by atoms with Crippen molar-refractivity contribution < 1.29 is 33.0 Å². The molecular weight excluding hydrogens is 782 g/mol. The number of aromatic nitrogens is 1. The molecule has 2 aromatic carbocycles. The number of hydrogen-bond acceptors (Lipinski definition) is 8. The van der Waals surface area contributed by atoms with Crippen molar-refractivity contribution in [1.82, 2.24) is 20.1 Å². The van der Waals surface area contributed by atoms with Gasteiger partial charge in [-0.3, -0.25) is 29.5 Å². The van der Waals surface area contributed by atoms with Gasteiger partial charge in [-0.25, -0.2) is 4.39 Å². The van der Waals surface area contributed by atoms with Crippen molar-refractivity contribution in [1.29, 1.82) is 0 Å². The van der Waals surface area contributed by atoms with Crippen molar-refractivity contribution in [3.8, 4) is 11.5 Å². The van der Waals surface area contributed by atoms with Crippen LogP contribution in [0.1, 0.15) is 133 Å². The number of nitrogens with zero attached hydrogens (tertiary/aromatic N) is 3. The minimum absolute atomic E-state index is 0.0116. The highest BCUT2D eigenvalue weighted by molar-refractivity contribution is 6.35. The van der Waals surface area contributed by atoms with Gasteiger partial charge >= 0.3 is 0 Å². The van der Waals surface area contributed by atoms with E-state index in [4.69, 9.17) is 32.7 Å². The van der Waals surface area contributed by atoms with E-state index in [9.17, 15) is 23.6 Å². The average Bonchev–Trinajstić information content (AvgIpc) is 3.99. The summed E-state index contributed by atoms with van der Waals surface area (Å²) in [7, 11) is 0. The molecule has 1 N–H and O–H groups in total. The van der Waals surface area contributed by atoms with Gasteiger partial charge in [0.1, 0.15) is 11.9 Å². The molecule has 3 aliphatic heterocycles. The molecule has 2 saturated heterocycles. The van der Waals surface area contributed by atoms with E-state index in [1.165, 1.54) is 55.5 Å². The van der Waals surface area contributed by atoms with Gasteiger partial charge in [0.2, 0.25) is 11.8 Å². The van der Waals surface area contributed by atoms with Crippen LogP contribution in [0.15, 0.2) is 42.7 Å². The summed E-state index contributed by atoms with van der Waals surface area (Å²) in [6, 6.07) is 7.62. The number of fused-ring (bicyclic) bond motifs is 1. The van der Waals surface area contributed by atoms with Crippen LogP contribution < -0.4 is 14.8 Å². The molecule has 0 bridgehead atoms. The molecule has 58 heavy (non-hydrogen) atoms. The number of carbonyl (C=O) groups excluding carboxylic acids is 4. The molecule has 1 unspecified atom stereocenters. The number of benzene rings is 2. The molecule has 3 fully saturated rings. The van der Waals surface area contributed by atoms with E-state index in [1.54, 1.807) is 18.2 Å². The summed E-state index contributed by atoms with van der Waals surface area (Å²) >= 11 is 12.5. The number of amides is 3. The molecule has 4 aliphatic rings. The van der Waals surface area contributed by atoms with Crippen LogP contribution in [0.2, 0.25) is 10.0 Å². The first-order chi connectivity index (χ1) is 28.1. The Morgan fingerprint density at radius 1 is 0.862 bits per heavy atom. The SMILES string of the molecule is O=C1CCC(N2Cc3c(cc(F)cc3C3CCN(CCCCCCCCCOc4ccc(C(=O)CCc5c(Cl)cncc5Cl)cc4OCC4CC4)CC3)C2=O)C(=O)N1. The molecule has 1 aliphatic carbocycles. The van der Waals surface area contributed by atoms with Crippen molar-refractivity contribution >= 4 is 46.7 Å². The Morgan fingerprint density at radius 3 is 2.31 bits per heavy atom. The molecule has 1 aromatic heterocycles. The number of nitrogens with one attached hydrogen (secondary N) is 1. The first-order valence-corrected chi connectivity index (χ1v) is 21.8. The lowest BCUT2D eigenvalue weighted by Crippen LogP contribution is -2.52. The summed E-state index contributed by atoms with van der Waals surface area (Å²) in [4.78, 5) is 58.5. The Labute approximate surface area is 350 Å². The molecule has 310 valence electrons. The topological polar surface area (TPSA) is 118 Å². The van der Waals surface area contributed by atoms with Crippen LogP contribution in [0, 0.1) is 11.7 Å². The lowest BCUT2D eigenvalue weighted by Gasteiger charge is -2.33. The van der Waals surface area contributed by atoms with E-state index in [0.29, 0.717) is 64.6 Å². The number of hydrogen-bond donors (Lipinski definition) is 1. The lowest BCUT2D eigenvalue weighted by atomic mass is 9.85. The lowest BCUT2D eigenvalue weighted by molar-refractivity contribution is -0.136. The van der Waals surface area contributed by atoms with E-state index in [-0.39, 0.29) is 42.9 Å². The van der Waals surface area contributed by atoms with Crippen LogP contribution in [0.25, 0.3) is 0 Å². The quantitative estimate of drug-likeness (QED) is 0.0682. The third-order valence-corrected chi connectivity index (χ3v) is 12.7. The van der Waals surface area contributed by atoms with Gasteiger partial charge in [-0.15, -0.1) is 0 Å². The Hall–Kier alpha value is -4.06. The zero-order chi connectivity index (χ0) is 40.6. The number of piperidine rings is 2. The van der Waals surface area contributed by atoms with Crippen LogP contribution in [0.3, 0.4) is 0 Å². The van der Waals surface area contributed by atoms with E-state index in [2.05, 4.69) is 15.2 Å². The maximum atomic E-state index is 14.8. The predicted molar refractivity (Wildman–Crippen MR) is 220 cm³/mol. The van der Waals surface area contributed by atoms with Gasteiger partial charge in [-0.2, -0.15) is 0 Å². The number of ether oxygens (including phenoxy) is 2. The molecule has 1 atom stereocenters. The highest BCUT2D eigenvalue weighted by Gasteiger charge is 2.41. The highest BCUT2D eigenvalue weighted by Crippen LogP contribution is 2.38. The van der Waals surface area contributed by atoms with Gasteiger partial charge in [-0.1, -0.05) is 55.3 Å². The molecule has 13 heteroatoms. The van der Waals surface area contributed by atoms with Gasteiger partial charge in [0.15, 0.2) is 17.3 Å². The molecule has 3 aromatic rings. The van der Waals surface area contributed by atoms with Crippen LogP contribution in [0.5, 0.6) is 11.5 Å². The van der Waals surface area contributed by atoms with Crippen LogP contribution in [-0.2, 0) is 22.6 Å². The van der Waals surface area contributed by atoms with Crippen LogP contribution in [-0.4, -0.2) is 77.2 Å². The number of unbranched alkanes of at least 4 members (excludes halogenated alkanes) is 6. The smallest absolute Gasteiger partial charge is 0.255 e. The number of ketones is 1. The summed E-state index contributed by atoms with van der Waals surface area (Å²) in [5.74, 6) is 0.489. The van der Waals surface area contributed by atoms with E-state index in [1.807, 2.05) is 6.07 Å². The summed E-state index contributed by atoms with van der Waals surface area (Å²) < 4.78 is 27.1. The summed E-state index contributed by atoms with van der Waals surface area (Å²) in [5.41, 5.74) is 3.38. The number of rotatable bonds is 20. The van der Waals surface area contributed by atoms with Gasteiger partial charge in [-0.05, 0) is 130 Å². The van der Waals surface area contributed by atoms with Gasteiger partial charge < -0.3 is 19.3 Å². The van der Waals surface area contributed by atoms with Gasteiger partial charge in [0.05, 0.1) is 23.3 Å². The molecular formula is C45H53Cl2FN4O6. The first-order valence-electron chi connectivity index (χ1n) is 21.0. The second-order valence-electron chi connectivity index (χ2n) is 16.3. The Morgan fingerprint density at radius 2 is 1.59 bits per heavy atom. The summed E-state index contributed by atoms with van der Waals surface area (Å²) in [6.07, 6.45) is 16.3. The van der Waals surface area contributed by atoms with Crippen molar-refractivity contribution in [2.75, 3.05) is 32.8 Å².